The number of amides is 1. The Bertz CT molecular complexity index is 857. The molecule has 0 aliphatic carbocycles. The molecule has 1 aliphatic heterocycles. The highest BCUT2D eigenvalue weighted by Gasteiger charge is 2.24. The zero-order valence-corrected chi connectivity index (χ0v) is 15.3. The summed E-state index contributed by atoms with van der Waals surface area (Å²) < 4.78 is 7.55. The van der Waals surface area contributed by atoms with Gasteiger partial charge >= 0.3 is 0 Å². The van der Waals surface area contributed by atoms with E-state index in [1.54, 1.807) is 6.26 Å². The van der Waals surface area contributed by atoms with E-state index < -0.39 is 0 Å². The topological polar surface area (TPSA) is 63.3 Å². The molecule has 4 rings (SSSR count). The Morgan fingerprint density at radius 3 is 2.96 bits per heavy atom. The lowest BCUT2D eigenvalue weighted by atomic mass is 10.0. The Morgan fingerprint density at radius 2 is 2.15 bits per heavy atom. The van der Waals surface area contributed by atoms with Crippen molar-refractivity contribution in [1.82, 2.24) is 19.8 Å². The Balaban J connectivity index is 1.41. The summed E-state index contributed by atoms with van der Waals surface area (Å²) in [5, 5.41) is 2.96. The van der Waals surface area contributed by atoms with Crippen LogP contribution in [0.15, 0.2) is 65.5 Å². The SMILES string of the molecule is O=C(CC1CN(Cc2ccccn2)Cc2cccn2C1)NCc1ccco1. The first-order valence-corrected chi connectivity index (χ1v) is 9.31. The second kappa shape index (κ2) is 8.22. The second-order valence-corrected chi connectivity index (χ2v) is 7.07. The Morgan fingerprint density at radius 1 is 1.19 bits per heavy atom. The van der Waals surface area contributed by atoms with Crippen LogP contribution in [0.5, 0.6) is 0 Å². The van der Waals surface area contributed by atoms with Crippen molar-refractivity contribution in [3.63, 3.8) is 0 Å². The summed E-state index contributed by atoms with van der Waals surface area (Å²) in [5.74, 6) is 1.08. The number of carbonyl (C=O) groups is 1. The molecule has 140 valence electrons. The van der Waals surface area contributed by atoms with Crippen molar-refractivity contribution in [3.8, 4) is 0 Å². The van der Waals surface area contributed by atoms with Gasteiger partial charge in [0.15, 0.2) is 0 Å². The molecule has 27 heavy (non-hydrogen) atoms. The Labute approximate surface area is 158 Å². The van der Waals surface area contributed by atoms with Gasteiger partial charge in [0.2, 0.25) is 5.91 Å². The molecule has 0 saturated heterocycles. The molecule has 6 nitrogen and oxygen atoms in total. The van der Waals surface area contributed by atoms with Gasteiger partial charge < -0.3 is 14.3 Å². The van der Waals surface area contributed by atoms with Crippen molar-refractivity contribution < 1.29 is 9.21 Å². The monoisotopic (exact) mass is 364 g/mol. The quantitative estimate of drug-likeness (QED) is 0.731. The van der Waals surface area contributed by atoms with Crippen molar-refractivity contribution in [2.24, 2.45) is 5.92 Å². The van der Waals surface area contributed by atoms with E-state index in [1.807, 2.05) is 30.5 Å². The molecular formula is C21H24N4O2. The minimum Gasteiger partial charge on any atom is -0.467 e. The average molecular weight is 364 g/mol. The first-order chi connectivity index (χ1) is 13.3. The molecule has 0 spiro atoms. The van der Waals surface area contributed by atoms with Crippen LogP contribution in [0.4, 0.5) is 0 Å². The number of nitrogens with zero attached hydrogens (tertiary/aromatic N) is 3. The zero-order chi connectivity index (χ0) is 18.5. The van der Waals surface area contributed by atoms with Gasteiger partial charge in [-0.1, -0.05) is 6.07 Å². The fraction of sp³-hybridized carbons (Fsp3) is 0.333. The number of carbonyl (C=O) groups excluding carboxylic acids is 1. The zero-order valence-electron chi connectivity index (χ0n) is 15.3. The molecule has 0 saturated carbocycles. The van der Waals surface area contributed by atoms with Gasteiger partial charge in [-0.2, -0.15) is 0 Å². The van der Waals surface area contributed by atoms with E-state index in [9.17, 15) is 4.79 Å². The van der Waals surface area contributed by atoms with Crippen LogP contribution in [-0.2, 0) is 31.0 Å². The summed E-state index contributed by atoms with van der Waals surface area (Å²) in [6.45, 7) is 3.82. The van der Waals surface area contributed by atoms with E-state index in [0.29, 0.717) is 13.0 Å². The van der Waals surface area contributed by atoms with Crippen molar-refractivity contribution in [1.29, 1.82) is 0 Å². The number of pyridine rings is 1. The molecule has 0 radical (unpaired) electrons. The highest BCUT2D eigenvalue weighted by Crippen LogP contribution is 2.21. The van der Waals surface area contributed by atoms with Crippen molar-refractivity contribution >= 4 is 5.91 Å². The predicted octanol–water partition coefficient (Wildman–Crippen LogP) is 2.81. The van der Waals surface area contributed by atoms with E-state index in [2.05, 4.69) is 44.2 Å². The third-order valence-corrected chi connectivity index (χ3v) is 4.91. The van der Waals surface area contributed by atoms with Gasteiger partial charge in [0.25, 0.3) is 0 Å². The number of rotatable bonds is 6. The van der Waals surface area contributed by atoms with Crippen molar-refractivity contribution in [2.45, 2.75) is 32.6 Å². The van der Waals surface area contributed by atoms with E-state index >= 15 is 0 Å². The first kappa shape index (κ1) is 17.5. The average Bonchev–Trinajstić information content (AvgIpc) is 3.31. The number of hydrogen-bond donors (Lipinski definition) is 1. The lowest BCUT2D eigenvalue weighted by Crippen LogP contribution is -2.32. The van der Waals surface area contributed by atoms with Crippen LogP contribution in [0.2, 0.25) is 0 Å². The van der Waals surface area contributed by atoms with E-state index in [0.717, 1.165) is 37.6 Å². The van der Waals surface area contributed by atoms with Gasteiger partial charge in [0.1, 0.15) is 5.76 Å². The molecule has 4 heterocycles. The Hall–Kier alpha value is -2.86. The third kappa shape index (κ3) is 4.65. The maximum atomic E-state index is 12.4. The molecule has 1 amide bonds. The molecule has 1 N–H and O–H groups in total. The van der Waals surface area contributed by atoms with Crippen LogP contribution in [0.25, 0.3) is 0 Å². The Kier molecular flexibility index (Phi) is 5.34. The lowest BCUT2D eigenvalue weighted by Gasteiger charge is -2.23. The highest BCUT2D eigenvalue weighted by atomic mass is 16.3. The summed E-state index contributed by atoms with van der Waals surface area (Å²) in [7, 11) is 0. The minimum atomic E-state index is 0.0600. The van der Waals surface area contributed by atoms with Crippen LogP contribution < -0.4 is 5.32 Å². The maximum absolute atomic E-state index is 12.4. The van der Waals surface area contributed by atoms with Gasteiger partial charge in [-0.15, -0.1) is 0 Å². The summed E-state index contributed by atoms with van der Waals surface area (Å²) >= 11 is 0. The van der Waals surface area contributed by atoms with Gasteiger partial charge in [0, 0.05) is 50.7 Å². The summed E-state index contributed by atoms with van der Waals surface area (Å²) in [6, 6.07) is 13.9. The molecule has 0 fully saturated rings. The summed E-state index contributed by atoms with van der Waals surface area (Å²) in [6.07, 6.45) is 6.05. The number of furan rings is 1. The molecular weight excluding hydrogens is 340 g/mol. The highest BCUT2D eigenvalue weighted by molar-refractivity contribution is 5.76. The lowest BCUT2D eigenvalue weighted by molar-refractivity contribution is -0.122. The number of fused-ring (bicyclic) bond motifs is 1. The van der Waals surface area contributed by atoms with E-state index in [4.69, 9.17) is 4.42 Å². The third-order valence-electron chi connectivity index (χ3n) is 4.91. The molecule has 3 aromatic heterocycles. The molecule has 1 atom stereocenters. The molecule has 0 aromatic carbocycles. The first-order valence-electron chi connectivity index (χ1n) is 9.31. The minimum absolute atomic E-state index is 0.0600. The van der Waals surface area contributed by atoms with E-state index in [1.165, 1.54) is 5.69 Å². The van der Waals surface area contributed by atoms with Crippen LogP contribution >= 0.6 is 0 Å². The van der Waals surface area contributed by atoms with Gasteiger partial charge in [-0.25, -0.2) is 0 Å². The largest absolute Gasteiger partial charge is 0.467 e. The van der Waals surface area contributed by atoms with Gasteiger partial charge in [-0.05, 0) is 42.3 Å². The number of aromatic nitrogens is 2. The van der Waals surface area contributed by atoms with Crippen molar-refractivity contribution in [2.75, 3.05) is 6.54 Å². The molecule has 1 aliphatic rings. The number of hydrogen-bond acceptors (Lipinski definition) is 4. The van der Waals surface area contributed by atoms with Crippen LogP contribution in [0.1, 0.15) is 23.6 Å². The van der Waals surface area contributed by atoms with Crippen LogP contribution in [-0.4, -0.2) is 26.9 Å². The van der Waals surface area contributed by atoms with Crippen molar-refractivity contribution in [3.05, 3.63) is 78.3 Å². The molecule has 6 heteroatoms. The number of nitrogens with one attached hydrogen (secondary N) is 1. The normalized spacial score (nSPS) is 17.3. The second-order valence-electron chi connectivity index (χ2n) is 7.07. The molecule has 1 unspecified atom stereocenters. The molecule has 0 bridgehead atoms. The standard InChI is InChI=1S/C21H24N4O2/c26-21(23-12-20-7-4-10-27-20)11-17-13-24(15-18-5-1-2-8-22-18)16-19-6-3-9-25(19)14-17/h1-10,17H,11-16H2,(H,23,26). The fourth-order valence-corrected chi connectivity index (χ4v) is 3.67. The fourth-order valence-electron chi connectivity index (χ4n) is 3.67. The van der Waals surface area contributed by atoms with Crippen LogP contribution in [0, 0.1) is 5.92 Å². The smallest absolute Gasteiger partial charge is 0.220 e. The summed E-state index contributed by atoms with van der Waals surface area (Å²) in [5.41, 5.74) is 2.34. The summed E-state index contributed by atoms with van der Waals surface area (Å²) in [4.78, 5) is 19.3. The molecule has 3 aromatic rings. The van der Waals surface area contributed by atoms with Gasteiger partial charge in [-0.3, -0.25) is 14.7 Å². The predicted molar refractivity (Wildman–Crippen MR) is 101 cm³/mol. The maximum Gasteiger partial charge on any atom is 0.220 e. The van der Waals surface area contributed by atoms with Crippen LogP contribution in [0.3, 0.4) is 0 Å². The van der Waals surface area contributed by atoms with E-state index in [-0.39, 0.29) is 11.8 Å². The van der Waals surface area contributed by atoms with Gasteiger partial charge in [0.05, 0.1) is 18.5 Å².